The Kier molecular flexibility index (Phi) is 9.57. The number of benzene rings is 11. The van der Waals surface area contributed by atoms with Gasteiger partial charge >= 0.3 is 0 Å². The average Bonchev–Trinajstić information content (AvgIpc) is 3.56. The number of furan rings is 1. The number of nitrogens with zero attached hydrogens (tertiary/aromatic N) is 4. The largest absolute Gasteiger partial charge is 0.454 e. The minimum Gasteiger partial charge on any atom is -0.454 e. The third-order valence-corrected chi connectivity index (χ3v) is 18.9. The summed E-state index contributed by atoms with van der Waals surface area (Å²) in [5.41, 5.74) is 21.5. The molecule has 17 rings (SSSR count). The smallest absolute Gasteiger partial charge is 0.252 e. The molecule has 0 bridgehead atoms. The van der Waals surface area contributed by atoms with Crippen molar-refractivity contribution in [3.8, 4) is 11.4 Å². The van der Waals surface area contributed by atoms with Crippen LogP contribution in [0.4, 0.5) is 34.1 Å². The number of aromatic nitrogens is 2. The third kappa shape index (κ3) is 6.61. The number of para-hydroxylation sites is 5. The molecule has 0 spiro atoms. The minimum absolute atomic E-state index is 0.0227. The van der Waals surface area contributed by atoms with E-state index in [1.807, 2.05) is 11.3 Å². The second kappa shape index (κ2) is 16.6. The molecule has 15 aromatic rings. The first-order chi connectivity index (χ1) is 39.5. The Hall–Kier alpha value is -9.30. The molecule has 81 heavy (non-hydrogen) atoms. The van der Waals surface area contributed by atoms with Crippen LogP contribution in [0.1, 0.15) is 52.7 Å². The highest BCUT2D eigenvalue weighted by molar-refractivity contribution is 7.26. The second-order valence-electron chi connectivity index (χ2n) is 24.5. The van der Waals surface area contributed by atoms with Crippen LogP contribution < -0.4 is 26.2 Å². The third-order valence-electron chi connectivity index (χ3n) is 17.8. The van der Waals surface area contributed by atoms with Crippen LogP contribution in [-0.4, -0.2) is 15.8 Å². The normalized spacial score (nSPS) is 13.5. The number of hydrogen-bond acceptors (Lipinski definition) is 4. The van der Waals surface area contributed by atoms with Crippen LogP contribution in [0.25, 0.3) is 97.1 Å². The van der Waals surface area contributed by atoms with Crippen LogP contribution >= 0.6 is 11.3 Å². The molecule has 0 atom stereocenters. The zero-order chi connectivity index (χ0) is 54.2. The van der Waals surface area contributed by atoms with Gasteiger partial charge in [-0.05, 0) is 129 Å². The van der Waals surface area contributed by atoms with Crippen LogP contribution in [0, 0.1) is 0 Å². The number of fused-ring (bicyclic) bond motifs is 17. The van der Waals surface area contributed by atoms with E-state index in [1.54, 1.807) is 0 Å². The van der Waals surface area contributed by atoms with Gasteiger partial charge in [0.2, 0.25) is 0 Å². The lowest BCUT2D eigenvalue weighted by atomic mass is 9.33. The number of rotatable bonds is 4. The molecular weight excluding hydrogens is 1000 g/mol. The molecule has 0 aliphatic carbocycles. The molecule has 386 valence electrons. The molecule has 0 amide bonds. The van der Waals surface area contributed by atoms with E-state index in [2.05, 4.69) is 285 Å². The van der Waals surface area contributed by atoms with Gasteiger partial charge in [0.15, 0.2) is 5.58 Å². The van der Waals surface area contributed by atoms with Crippen LogP contribution in [0.5, 0.6) is 0 Å². The standard InChI is InChI=1S/C74H55BN4OS/c1-73(2,3)44-31-35-46(36-32-44)76-62-43-68-55(53-23-12-18-30-67(53)81-68)41-56(62)75-57-42-63(79-60-27-15-9-21-51(60)52-22-10-16-28-61(52)79)69-54-24-11-17-29-66(54)80-72(69)71(57)78(47-37-33-45(34-38-47)74(4,5)6)65-40-48(39-64(76)70(65)75)77-58-25-13-7-19-49(58)50-20-8-14-26-59(50)77/h7-43H,1-6H3. The minimum atomic E-state index is -0.227. The fourth-order valence-corrected chi connectivity index (χ4v) is 15.1. The van der Waals surface area contributed by atoms with Crippen LogP contribution in [0.15, 0.2) is 229 Å². The van der Waals surface area contributed by atoms with Crippen molar-refractivity contribution in [1.82, 2.24) is 9.13 Å². The van der Waals surface area contributed by atoms with Gasteiger partial charge in [0.25, 0.3) is 6.71 Å². The lowest BCUT2D eigenvalue weighted by molar-refractivity contribution is 0.590. The van der Waals surface area contributed by atoms with Gasteiger partial charge in [0, 0.05) is 70.2 Å². The molecule has 2 aliphatic rings. The first-order valence-corrected chi connectivity index (χ1v) is 29.2. The van der Waals surface area contributed by atoms with E-state index >= 15 is 0 Å². The summed E-state index contributed by atoms with van der Waals surface area (Å²) >= 11 is 1.88. The van der Waals surface area contributed by atoms with Gasteiger partial charge in [-0.2, -0.15) is 0 Å². The number of thiophene rings is 1. The Morgan fingerprint density at radius 1 is 0.370 bits per heavy atom. The van der Waals surface area contributed by atoms with Crippen molar-refractivity contribution in [3.63, 3.8) is 0 Å². The highest BCUT2D eigenvalue weighted by Crippen LogP contribution is 2.52. The summed E-state index contributed by atoms with van der Waals surface area (Å²) in [6, 6.07) is 84.6. The highest BCUT2D eigenvalue weighted by atomic mass is 32.1. The highest BCUT2D eigenvalue weighted by Gasteiger charge is 2.46. The van der Waals surface area contributed by atoms with Crippen molar-refractivity contribution in [2.75, 3.05) is 9.80 Å². The summed E-state index contributed by atoms with van der Waals surface area (Å²) in [6.45, 7) is 13.6. The molecule has 2 aliphatic heterocycles. The Labute approximate surface area is 474 Å². The fourth-order valence-electron chi connectivity index (χ4n) is 14.0. The molecule has 0 saturated heterocycles. The van der Waals surface area contributed by atoms with E-state index in [0.29, 0.717) is 0 Å². The van der Waals surface area contributed by atoms with E-state index in [4.69, 9.17) is 4.42 Å². The Morgan fingerprint density at radius 3 is 1.42 bits per heavy atom. The van der Waals surface area contributed by atoms with Crippen molar-refractivity contribution >= 4 is 154 Å². The Bertz CT molecular complexity index is 5050. The van der Waals surface area contributed by atoms with Gasteiger partial charge in [-0.25, -0.2) is 0 Å². The van der Waals surface area contributed by atoms with E-state index in [0.717, 1.165) is 72.8 Å². The Balaban J connectivity index is 1.08. The molecule has 0 unspecified atom stereocenters. The summed E-state index contributed by atoms with van der Waals surface area (Å²) in [4.78, 5) is 5.16. The summed E-state index contributed by atoms with van der Waals surface area (Å²) in [7, 11) is 0. The molecule has 0 radical (unpaired) electrons. The van der Waals surface area contributed by atoms with Gasteiger partial charge in [0.05, 0.1) is 44.5 Å². The van der Waals surface area contributed by atoms with Gasteiger partial charge in [-0.15, -0.1) is 11.3 Å². The van der Waals surface area contributed by atoms with Gasteiger partial charge in [0.1, 0.15) is 5.58 Å². The van der Waals surface area contributed by atoms with Crippen LogP contribution in [0.3, 0.4) is 0 Å². The fraction of sp³-hybridized carbons (Fsp3) is 0.108. The van der Waals surface area contributed by atoms with E-state index in [-0.39, 0.29) is 17.5 Å². The SMILES string of the molecule is CC(C)(C)c1ccc(N2c3cc4sc5ccccc5c4cc3B3c4cc(-n5c6ccccc6c6ccccc65)c5c(oc6ccccc65)c4N(c4ccc(C(C)(C)C)cc4)c4cc(-n5c6ccccc6c6ccccc65)cc2c43)cc1. The van der Waals surface area contributed by atoms with Crippen molar-refractivity contribution in [1.29, 1.82) is 0 Å². The van der Waals surface area contributed by atoms with E-state index in [9.17, 15) is 0 Å². The molecule has 5 nitrogen and oxygen atoms in total. The second-order valence-corrected chi connectivity index (χ2v) is 25.6. The molecular formula is C74H55BN4OS. The van der Waals surface area contributed by atoms with E-state index in [1.165, 1.54) is 86.0 Å². The first kappa shape index (κ1) is 46.6. The van der Waals surface area contributed by atoms with Crippen molar-refractivity contribution in [2.24, 2.45) is 0 Å². The summed E-state index contributed by atoms with van der Waals surface area (Å²) in [5, 5.41) is 9.63. The van der Waals surface area contributed by atoms with Gasteiger partial charge in [-0.1, -0.05) is 181 Å². The van der Waals surface area contributed by atoms with Crippen molar-refractivity contribution in [3.05, 3.63) is 236 Å². The zero-order valence-corrected chi connectivity index (χ0v) is 46.9. The maximum atomic E-state index is 7.58. The summed E-state index contributed by atoms with van der Waals surface area (Å²) in [6.07, 6.45) is 0. The summed E-state index contributed by atoms with van der Waals surface area (Å²) in [5.74, 6) is 0. The number of anilines is 6. The maximum absolute atomic E-state index is 7.58. The van der Waals surface area contributed by atoms with E-state index < -0.39 is 0 Å². The molecule has 7 heteroatoms. The summed E-state index contributed by atoms with van der Waals surface area (Å²) < 4.78 is 15.2. The predicted octanol–water partition coefficient (Wildman–Crippen LogP) is 18.8. The van der Waals surface area contributed by atoms with Gasteiger partial charge in [-0.3, -0.25) is 0 Å². The van der Waals surface area contributed by atoms with Crippen LogP contribution in [0.2, 0.25) is 0 Å². The molecule has 6 heterocycles. The molecule has 0 fully saturated rings. The maximum Gasteiger partial charge on any atom is 0.252 e. The lowest BCUT2D eigenvalue weighted by Gasteiger charge is -2.44. The van der Waals surface area contributed by atoms with Crippen LogP contribution in [-0.2, 0) is 10.8 Å². The Morgan fingerprint density at radius 2 is 0.852 bits per heavy atom. The molecule has 4 aromatic heterocycles. The topological polar surface area (TPSA) is 29.5 Å². The monoisotopic (exact) mass is 1060 g/mol. The molecule has 0 N–H and O–H groups in total. The predicted molar refractivity (Wildman–Crippen MR) is 347 cm³/mol. The lowest BCUT2D eigenvalue weighted by Crippen LogP contribution is -2.61. The van der Waals surface area contributed by atoms with Crippen molar-refractivity contribution < 1.29 is 4.42 Å². The zero-order valence-electron chi connectivity index (χ0n) is 46.0. The first-order valence-electron chi connectivity index (χ1n) is 28.4. The average molecular weight is 1060 g/mol. The molecule has 11 aromatic carbocycles. The quantitative estimate of drug-likeness (QED) is 0.165. The van der Waals surface area contributed by atoms with Crippen molar-refractivity contribution in [2.45, 2.75) is 52.4 Å². The number of hydrogen-bond donors (Lipinski definition) is 0. The van der Waals surface area contributed by atoms with Gasteiger partial charge < -0.3 is 23.4 Å². The molecule has 0 saturated carbocycles.